The van der Waals surface area contributed by atoms with E-state index in [9.17, 15) is 8.78 Å². The smallest absolute Gasteiger partial charge is 0.247 e. The molecular formula is C12H17F2NS. The number of alkyl halides is 2. The summed E-state index contributed by atoms with van der Waals surface area (Å²) < 4.78 is 24.3. The van der Waals surface area contributed by atoms with Gasteiger partial charge in [-0.2, -0.15) is 0 Å². The number of rotatable bonds is 5. The van der Waals surface area contributed by atoms with Crippen LogP contribution in [0, 0.1) is 0 Å². The number of thioether (sulfide) groups is 1. The van der Waals surface area contributed by atoms with Crippen molar-refractivity contribution in [3.8, 4) is 0 Å². The molecule has 1 aromatic rings. The van der Waals surface area contributed by atoms with Crippen LogP contribution in [0.1, 0.15) is 19.4 Å². The third-order valence-electron chi connectivity index (χ3n) is 1.98. The summed E-state index contributed by atoms with van der Waals surface area (Å²) in [5.41, 5.74) is 6.66. The van der Waals surface area contributed by atoms with Crippen molar-refractivity contribution in [2.45, 2.75) is 37.1 Å². The summed E-state index contributed by atoms with van der Waals surface area (Å²) in [5, 5.41) is 0. The second kappa shape index (κ2) is 5.64. The fourth-order valence-corrected chi connectivity index (χ4v) is 2.24. The summed E-state index contributed by atoms with van der Waals surface area (Å²) >= 11 is 1.19. The van der Waals surface area contributed by atoms with Crippen molar-refractivity contribution in [1.29, 1.82) is 0 Å². The Morgan fingerprint density at radius 3 is 2.50 bits per heavy atom. The van der Waals surface area contributed by atoms with Gasteiger partial charge >= 0.3 is 0 Å². The first-order valence-electron chi connectivity index (χ1n) is 5.16. The molecule has 0 heterocycles. The van der Waals surface area contributed by atoms with E-state index in [0.29, 0.717) is 6.42 Å². The van der Waals surface area contributed by atoms with Gasteiger partial charge in [-0.15, -0.1) is 11.8 Å². The highest BCUT2D eigenvalue weighted by atomic mass is 32.2. The zero-order valence-electron chi connectivity index (χ0n) is 9.54. The van der Waals surface area contributed by atoms with E-state index in [-0.39, 0.29) is 11.3 Å². The zero-order valence-corrected chi connectivity index (χ0v) is 10.4. The lowest BCUT2D eigenvalue weighted by Crippen LogP contribution is -2.34. The monoisotopic (exact) mass is 245 g/mol. The van der Waals surface area contributed by atoms with E-state index < -0.39 is 6.43 Å². The molecule has 0 atom stereocenters. The van der Waals surface area contributed by atoms with Crippen LogP contribution in [0.4, 0.5) is 8.78 Å². The largest absolute Gasteiger partial charge is 0.325 e. The van der Waals surface area contributed by atoms with Gasteiger partial charge in [-0.05, 0) is 31.9 Å². The second-order valence-electron chi connectivity index (χ2n) is 4.48. The Kier molecular flexibility index (Phi) is 4.74. The summed E-state index contributed by atoms with van der Waals surface area (Å²) in [6.45, 7) is 3.86. The molecule has 1 aromatic carbocycles. The van der Waals surface area contributed by atoms with Gasteiger partial charge in [0.2, 0.25) is 6.43 Å². The van der Waals surface area contributed by atoms with Crippen molar-refractivity contribution in [2.24, 2.45) is 5.73 Å². The summed E-state index contributed by atoms with van der Waals surface area (Å²) in [7, 11) is 0. The number of nitrogens with two attached hydrogens (primary N) is 1. The Balaban J connectivity index is 2.75. The maximum absolute atomic E-state index is 12.1. The predicted octanol–water partition coefficient (Wildman–Crippen LogP) is 3.32. The van der Waals surface area contributed by atoms with Gasteiger partial charge in [0, 0.05) is 10.4 Å². The zero-order chi connectivity index (χ0) is 12.2. The summed E-state index contributed by atoms with van der Waals surface area (Å²) in [6.07, 6.45) is -1.58. The summed E-state index contributed by atoms with van der Waals surface area (Å²) in [5.74, 6) is -0.165. The molecule has 0 saturated heterocycles. The van der Waals surface area contributed by atoms with Gasteiger partial charge in [-0.25, -0.2) is 8.78 Å². The quantitative estimate of drug-likeness (QED) is 0.805. The lowest BCUT2D eigenvalue weighted by Gasteiger charge is -2.20. The van der Waals surface area contributed by atoms with Crippen LogP contribution in [0.2, 0.25) is 0 Å². The molecule has 0 unspecified atom stereocenters. The second-order valence-corrected chi connectivity index (χ2v) is 5.54. The minimum absolute atomic E-state index is 0.165. The van der Waals surface area contributed by atoms with E-state index in [1.165, 1.54) is 11.8 Å². The molecule has 0 spiro atoms. The maximum atomic E-state index is 12.1. The molecule has 1 rings (SSSR count). The average molecular weight is 245 g/mol. The van der Waals surface area contributed by atoms with E-state index in [0.717, 1.165) is 10.5 Å². The van der Waals surface area contributed by atoms with Crippen LogP contribution in [0.5, 0.6) is 0 Å². The lowest BCUT2D eigenvalue weighted by atomic mass is 9.96. The van der Waals surface area contributed by atoms with Gasteiger partial charge in [-0.1, -0.05) is 18.2 Å². The number of halogens is 2. The minimum Gasteiger partial charge on any atom is -0.325 e. The van der Waals surface area contributed by atoms with Crippen LogP contribution < -0.4 is 5.73 Å². The Morgan fingerprint density at radius 1 is 1.31 bits per heavy atom. The fourth-order valence-electron chi connectivity index (χ4n) is 1.43. The molecular weight excluding hydrogens is 228 g/mol. The third-order valence-corrected chi connectivity index (χ3v) is 3.11. The van der Waals surface area contributed by atoms with Gasteiger partial charge in [0.1, 0.15) is 0 Å². The van der Waals surface area contributed by atoms with Gasteiger partial charge in [-0.3, -0.25) is 0 Å². The highest BCUT2D eigenvalue weighted by Crippen LogP contribution is 2.26. The number of hydrogen-bond acceptors (Lipinski definition) is 2. The Hall–Kier alpha value is -0.610. The molecule has 0 aliphatic carbocycles. The van der Waals surface area contributed by atoms with Crippen molar-refractivity contribution in [3.63, 3.8) is 0 Å². The molecule has 0 aliphatic heterocycles. The van der Waals surface area contributed by atoms with E-state index in [4.69, 9.17) is 5.73 Å². The van der Waals surface area contributed by atoms with Gasteiger partial charge in [0.15, 0.2) is 0 Å². The van der Waals surface area contributed by atoms with Crippen molar-refractivity contribution in [1.82, 2.24) is 0 Å². The van der Waals surface area contributed by atoms with Crippen molar-refractivity contribution in [3.05, 3.63) is 29.8 Å². The topological polar surface area (TPSA) is 26.0 Å². The van der Waals surface area contributed by atoms with E-state index in [1.54, 1.807) is 0 Å². The molecule has 4 heteroatoms. The van der Waals surface area contributed by atoms with Crippen LogP contribution in [0.3, 0.4) is 0 Å². The molecule has 0 radical (unpaired) electrons. The fraction of sp³-hybridized carbons (Fsp3) is 0.500. The molecule has 16 heavy (non-hydrogen) atoms. The van der Waals surface area contributed by atoms with Crippen LogP contribution in [0.25, 0.3) is 0 Å². The molecule has 90 valence electrons. The molecule has 2 N–H and O–H groups in total. The molecule has 0 bridgehead atoms. The minimum atomic E-state index is -2.27. The lowest BCUT2D eigenvalue weighted by molar-refractivity contribution is 0.177. The number of hydrogen-bond donors (Lipinski definition) is 1. The van der Waals surface area contributed by atoms with Gasteiger partial charge < -0.3 is 5.73 Å². The molecule has 0 aliphatic rings. The Morgan fingerprint density at radius 2 is 1.94 bits per heavy atom. The van der Waals surface area contributed by atoms with Crippen LogP contribution in [-0.4, -0.2) is 17.7 Å². The van der Waals surface area contributed by atoms with E-state index in [1.807, 2.05) is 38.1 Å². The standard InChI is InChI=1S/C12H17F2NS/c1-12(2,15)7-9-5-3-4-6-10(9)16-8-11(13)14/h3-6,11H,7-8,15H2,1-2H3. The number of benzene rings is 1. The van der Waals surface area contributed by atoms with Crippen LogP contribution in [0.15, 0.2) is 29.2 Å². The molecule has 1 nitrogen and oxygen atoms in total. The van der Waals surface area contributed by atoms with Crippen LogP contribution >= 0.6 is 11.8 Å². The molecule has 0 fully saturated rings. The Labute approximate surface area is 99.4 Å². The first-order valence-corrected chi connectivity index (χ1v) is 6.15. The van der Waals surface area contributed by atoms with E-state index >= 15 is 0 Å². The maximum Gasteiger partial charge on any atom is 0.247 e. The van der Waals surface area contributed by atoms with Gasteiger partial charge in [0.25, 0.3) is 0 Å². The highest BCUT2D eigenvalue weighted by Gasteiger charge is 2.15. The molecule has 0 aromatic heterocycles. The summed E-state index contributed by atoms with van der Waals surface area (Å²) in [4.78, 5) is 0.904. The third kappa shape index (κ3) is 4.94. The average Bonchev–Trinajstić information content (AvgIpc) is 2.14. The summed E-state index contributed by atoms with van der Waals surface area (Å²) in [6, 6.07) is 7.59. The van der Waals surface area contributed by atoms with Crippen LogP contribution in [-0.2, 0) is 6.42 Å². The first kappa shape index (κ1) is 13.5. The van der Waals surface area contributed by atoms with Crippen molar-refractivity contribution in [2.75, 3.05) is 5.75 Å². The van der Waals surface area contributed by atoms with Crippen molar-refractivity contribution >= 4 is 11.8 Å². The first-order chi connectivity index (χ1) is 7.38. The predicted molar refractivity (Wildman–Crippen MR) is 65.1 cm³/mol. The van der Waals surface area contributed by atoms with Gasteiger partial charge in [0.05, 0.1) is 5.75 Å². The molecule has 0 saturated carbocycles. The highest BCUT2D eigenvalue weighted by molar-refractivity contribution is 7.99. The molecule has 0 amide bonds. The van der Waals surface area contributed by atoms with E-state index in [2.05, 4.69) is 0 Å². The SMILES string of the molecule is CC(C)(N)Cc1ccccc1SCC(F)F. The Bertz CT molecular complexity index is 334. The normalized spacial score (nSPS) is 12.1. The van der Waals surface area contributed by atoms with Crippen molar-refractivity contribution < 1.29 is 8.78 Å².